The van der Waals surface area contributed by atoms with Gasteiger partial charge in [-0.15, -0.1) is 0 Å². The van der Waals surface area contributed by atoms with Crippen molar-refractivity contribution < 1.29 is 33.7 Å². The summed E-state index contributed by atoms with van der Waals surface area (Å²) in [4.78, 5) is 37.2. The molecule has 0 heterocycles. The maximum Gasteiger partial charge on any atom is 0.310 e. The number of aliphatic hydroxyl groups is 1. The SMILES string of the molecule is CCCCCCCOC(=O)CC(C(=O)OCCCCCCC)C(C)C(=O)OCCCO. The van der Waals surface area contributed by atoms with Crippen molar-refractivity contribution >= 4 is 17.9 Å². The maximum absolute atomic E-state index is 12.6. The quantitative estimate of drug-likeness (QED) is 0.167. The van der Waals surface area contributed by atoms with Crippen LogP contribution >= 0.6 is 0 Å². The lowest BCUT2D eigenvalue weighted by atomic mass is 9.91. The molecule has 2 unspecified atom stereocenters. The Morgan fingerprint density at radius 3 is 1.71 bits per heavy atom. The number of aliphatic hydroxyl groups excluding tert-OH is 1. The van der Waals surface area contributed by atoms with Crippen LogP contribution in [-0.4, -0.2) is 49.4 Å². The van der Waals surface area contributed by atoms with E-state index in [2.05, 4.69) is 13.8 Å². The number of unbranched alkanes of at least 4 members (excludes halogenated alkanes) is 8. The Balaban J connectivity index is 4.64. The van der Waals surface area contributed by atoms with Gasteiger partial charge < -0.3 is 19.3 Å². The van der Waals surface area contributed by atoms with Crippen LogP contribution in [0.15, 0.2) is 0 Å². The van der Waals surface area contributed by atoms with Crippen molar-refractivity contribution in [2.45, 2.75) is 97.8 Å². The number of carbonyl (C=O) groups excluding carboxylic acids is 3. The summed E-state index contributed by atoms with van der Waals surface area (Å²) in [5.74, 6) is -3.42. The minimum Gasteiger partial charge on any atom is -0.466 e. The summed E-state index contributed by atoms with van der Waals surface area (Å²) < 4.78 is 15.7. The average molecular weight is 445 g/mol. The van der Waals surface area contributed by atoms with E-state index in [1.807, 2.05) is 0 Å². The molecule has 0 amide bonds. The fourth-order valence-electron chi connectivity index (χ4n) is 3.11. The standard InChI is InChI=1S/C24H44O7/c1-4-6-8-10-12-16-29-22(26)19-21(20(3)23(27)30-18-14-15-25)24(28)31-17-13-11-9-7-5-2/h20-21,25H,4-19H2,1-3H3. The molecule has 1 N–H and O–H groups in total. The molecule has 0 aromatic heterocycles. The fraction of sp³-hybridized carbons (Fsp3) is 0.875. The minimum atomic E-state index is -0.940. The highest BCUT2D eigenvalue weighted by atomic mass is 16.5. The summed E-state index contributed by atoms with van der Waals surface area (Å²) >= 11 is 0. The van der Waals surface area contributed by atoms with E-state index in [0.29, 0.717) is 13.0 Å². The maximum atomic E-state index is 12.6. The summed E-state index contributed by atoms with van der Waals surface area (Å²) in [5.41, 5.74) is 0. The largest absolute Gasteiger partial charge is 0.466 e. The first kappa shape index (κ1) is 29.4. The van der Waals surface area contributed by atoms with Crippen LogP contribution in [0.4, 0.5) is 0 Å². The van der Waals surface area contributed by atoms with Gasteiger partial charge in [-0.1, -0.05) is 72.1 Å². The Bertz CT molecular complexity index is 479. The van der Waals surface area contributed by atoms with Gasteiger partial charge >= 0.3 is 17.9 Å². The van der Waals surface area contributed by atoms with Crippen molar-refractivity contribution in [1.29, 1.82) is 0 Å². The zero-order chi connectivity index (χ0) is 23.3. The first-order valence-corrected chi connectivity index (χ1v) is 12.1. The van der Waals surface area contributed by atoms with Crippen molar-refractivity contribution in [3.8, 4) is 0 Å². The van der Waals surface area contributed by atoms with Crippen molar-refractivity contribution in [1.82, 2.24) is 0 Å². The molecule has 0 rings (SSSR count). The van der Waals surface area contributed by atoms with Gasteiger partial charge in [0.05, 0.1) is 38.1 Å². The summed E-state index contributed by atoms with van der Waals surface area (Å²) in [6, 6.07) is 0. The van der Waals surface area contributed by atoms with Crippen LogP contribution in [-0.2, 0) is 28.6 Å². The number of hydrogen-bond donors (Lipinski definition) is 1. The van der Waals surface area contributed by atoms with E-state index in [1.165, 1.54) is 0 Å². The van der Waals surface area contributed by atoms with Crippen LogP contribution in [0.1, 0.15) is 97.8 Å². The van der Waals surface area contributed by atoms with Crippen LogP contribution in [0, 0.1) is 11.8 Å². The van der Waals surface area contributed by atoms with E-state index in [4.69, 9.17) is 19.3 Å². The summed E-state index contributed by atoms with van der Waals surface area (Å²) in [6.45, 7) is 6.41. The second kappa shape index (κ2) is 20.3. The fourth-order valence-corrected chi connectivity index (χ4v) is 3.11. The molecule has 0 bridgehead atoms. The molecule has 2 atom stereocenters. The smallest absolute Gasteiger partial charge is 0.310 e. The zero-order valence-electron chi connectivity index (χ0n) is 19.9. The van der Waals surface area contributed by atoms with Gasteiger partial charge in [0.25, 0.3) is 0 Å². The van der Waals surface area contributed by atoms with E-state index < -0.39 is 29.7 Å². The Morgan fingerprint density at radius 1 is 0.677 bits per heavy atom. The van der Waals surface area contributed by atoms with Gasteiger partial charge in [0.2, 0.25) is 0 Å². The highest BCUT2D eigenvalue weighted by Gasteiger charge is 2.35. The first-order valence-electron chi connectivity index (χ1n) is 12.1. The molecule has 0 radical (unpaired) electrons. The van der Waals surface area contributed by atoms with E-state index in [1.54, 1.807) is 6.92 Å². The van der Waals surface area contributed by atoms with Crippen LogP contribution in [0.3, 0.4) is 0 Å². The number of carbonyl (C=O) groups is 3. The molecule has 182 valence electrons. The van der Waals surface area contributed by atoms with E-state index in [-0.39, 0.29) is 26.2 Å². The van der Waals surface area contributed by atoms with Crippen molar-refractivity contribution in [3.63, 3.8) is 0 Å². The molecule has 0 aromatic rings. The minimum absolute atomic E-state index is 0.0705. The van der Waals surface area contributed by atoms with E-state index in [0.717, 1.165) is 64.2 Å². The number of hydrogen-bond acceptors (Lipinski definition) is 7. The van der Waals surface area contributed by atoms with E-state index >= 15 is 0 Å². The monoisotopic (exact) mass is 444 g/mol. The van der Waals surface area contributed by atoms with Gasteiger partial charge in [0.15, 0.2) is 0 Å². The highest BCUT2D eigenvalue weighted by Crippen LogP contribution is 2.21. The summed E-state index contributed by atoms with van der Waals surface area (Å²) in [5, 5.41) is 8.83. The molecule has 0 aliphatic heterocycles. The summed E-state index contributed by atoms with van der Waals surface area (Å²) in [6.07, 6.45) is 10.4. The highest BCUT2D eigenvalue weighted by molar-refractivity contribution is 5.85. The van der Waals surface area contributed by atoms with Crippen molar-refractivity contribution in [2.24, 2.45) is 11.8 Å². The number of ether oxygens (including phenoxy) is 3. The number of rotatable bonds is 20. The summed E-state index contributed by atoms with van der Waals surface area (Å²) in [7, 11) is 0. The molecule has 31 heavy (non-hydrogen) atoms. The third-order valence-corrected chi connectivity index (χ3v) is 5.21. The average Bonchev–Trinajstić information content (AvgIpc) is 2.76. The molecule has 7 nitrogen and oxygen atoms in total. The van der Waals surface area contributed by atoms with Crippen LogP contribution in [0.25, 0.3) is 0 Å². The Morgan fingerprint density at radius 2 is 1.16 bits per heavy atom. The van der Waals surface area contributed by atoms with E-state index in [9.17, 15) is 14.4 Å². The second-order valence-electron chi connectivity index (χ2n) is 8.06. The number of esters is 3. The second-order valence-corrected chi connectivity index (χ2v) is 8.06. The van der Waals surface area contributed by atoms with Gasteiger partial charge in [-0.05, 0) is 12.8 Å². The molecule has 0 saturated carbocycles. The lowest BCUT2D eigenvalue weighted by Crippen LogP contribution is -2.33. The molecule has 0 aromatic carbocycles. The Labute approximate surface area is 188 Å². The lowest BCUT2D eigenvalue weighted by Gasteiger charge is -2.21. The topological polar surface area (TPSA) is 99.1 Å². The van der Waals surface area contributed by atoms with Crippen molar-refractivity contribution in [2.75, 3.05) is 26.4 Å². The Kier molecular flexibility index (Phi) is 19.2. The third-order valence-electron chi connectivity index (χ3n) is 5.21. The first-order chi connectivity index (χ1) is 15.0. The van der Waals surface area contributed by atoms with Gasteiger partial charge in [-0.25, -0.2) is 0 Å². The van der Waals surface area contributed by atoms with Crippen molar-refractivity contribution in [3.05, 3.63) is 0 Å². The molecule has 0 aliphatic rings. The third kappa shape index (κ3) is 15.8. The van der Waals surface area contributed by atoms with Crippen LogP contribution < -0.4 is 0 Å². The van der Waals surface area contributed by atoms with Crippen LogP contribution in [0.5, 0.6) is 0 Å². The predicted octanol–water partition coefficient (Wildman–Crippen LogP) is 4.58. The molecule has 0 aliphatic carbocycles. The molecule has 0 spiro atoms. The molecular weight excluding hydrogens is 400 g/mol. The molecule has 0 fully saturated rings. The molecule has 7 heteroatoms. The van der Waals surface area contributed by atoms with Gasteiger partial charge in [-0.3, -0.25) is 14.4 Å². The molecular formula is C24H44O7. The normalized spacial score (nSPS) is 12.8. The van der Waals surface area contributed by atoms with Crippen LogP contribution in [0.2, 0.25) is 0 Å². The van der Waals surface area contributed by atoms with Gasteiger partial charge in [0.1, 0.15) is 0 Å². The predicted molar refractivity (Wildman–Crippen MR) is 119 cm³/mol. The Hall–Kier alpha value is -1.63. The molecule has 0 saturated heterocycles. The lowest BCUT2D eigenvalue weighted by molar-refractivity contribution is -0.164. The van der Waals surface area contributed by atoms with Gasteiger partial charge in [-0.2, -0.15) is 0 Å². The zero-order valence-corrected chi connectivity index (χ0v) is 19.9. The van der Waals surface area contributed by atoms with Gasteiger partial charge in [0, 0.05) is 13.0 Å².